The van der Waals surface area contributed by atoms with Gasteiger partial charge in [-0.15, -0.1) is 10.2 Å². The molecule has 1 heterocycles. The highest BCUT2D eigenvalue weighted by atomic mass is 32.2. The Balaban J connectivity index is 1.40. The first-order chi connectivity index (χ1) is 12.3. The fourth-order valence-corrected chi connectivity index (χ4v) is 3.72. The smallest absolute Gasteiger partial charge is 0.229 e. The van der Waals surface area contributed by atoms with E-state index in [9.17, 15) is 4.79 Å². The molecule has 1 amide bonds. The van der Waals surface area contributed by atoms with Gasteiger partial charge in [-0.1, -0.05) is 71.6 Å². The fourth-order valence-electron chi connectivity index (χ4n) is 2.00. The molecule has 0 unspecified atom stereocenters. The average Bonchev–Trinajstić information content (AvgIpc) is 3.09. The van der Waals surface area contributed by atoms with Crippen molar-refractivity contribution in [3.63, 3.8) is 0 Å². The second-order valence-corrected chi connectivity index (χ2v) is 7.31. The quantitative estimate of drug-likeness (QED) is 0.474. The maximum atomic E-state index is 11.9. The molecule has 2 aromatic carbocycles. The second kappa shape index (κ2) is 9.19. The Morgan fingerprint density at radius 2 is 1.76 bits per heavy atom. The summed E-state index contributed by atoms with van der Waals surface area (Å²) in [6, 6.07) is 19.6. The molecule has 0 bridgehead atoms. The summed E-state index contributed by atoms with van der Waals surface area (Å²) in [7, 11) is 0. The summed E-state index contributed by atoms with van der Waals surface area (Å²) < 4.78 is 6.34. The van der Waals surface area contributed by atoms with Gasteiger partial charge in [-0.25, -0.2) is 0 Å². The van der Waals surface area contributed by atoms with Crippen LogP contribution in [0.5, 0.6) is 5.75 Å². The molecule has 0 aliphatic rings. The van der Waals surface area contributed by atoms with E-state index in [2.05, 4.69) is 27.6 Å². The van der Waals surface area contributed by atoms with Gasteiger partial charge in [0, 0.05) is 5.75 Å². The van der Waals surface area contributed by atoms with Gasteiger partial charge in [0.25, 0.3) is 0 Å². The van der Waals surface area contributed by atoms with Crippen LogP contribution in [0.3, 0.4) is 0 Å². The van der Waals surface area contributed by atoms with Crippen molar-refractivity contribution in [2.24, 2.45) is 0 Å². The topological polar surface area (TPSA) is 64.1 Å². The maximum absolute atomic E-state index is 11.9. The van der Waals surface area contributed by atoms with Crippen molar-refractivity contribution in [3.05, 3.63) is 66.2 Å². The van der Waals surface area contributed by atoms with E-state index in [-0.39, 0.29) is 12.3 Å². The fraction of sp³-hybridized carbons (Fsp3) is 0.167. The number of nitrogens with one attached hydrogen (secondary N) is 1. The summed E-state index contributed by atoms with van der Waals surface area (Å²) >= 11 is 2.98. The van der Waals surface area contributed by atoms with Crippen LogP contribution >= 0.6 is 23.1 Å². The number of thioether (sulfide) groups is 1. The van der Waals surface area contributed by atoms with Crippen molar-refractivity contribution in [2.45, 2.75) is 16.5 Å². The predicted molar refractivity (Wildman–Crippen MR) is 101 cm³/mol. The van der Waals surface area contributed by atoms with Crippen LogP contribution in [-0.2, 0) is 10.5 Å². The highest BCUT2D eigenvalue weighted by Crippen LogP contribution is 2.28. The summed E-state index contributed by atoms with van der Waals surface area (Å²) in [4.78, 5) is 11.9. The number of hydrogen-bond acceptors (Lipinski definition) is 6. The van der Waals surface area contributed by atoms with Crippen LogP contribution in [0.25, 0.3) is 0 Å². The lowest BCUT2D eigenvalue weighted by molar-refractivity contribution is -0.116. The third kappa shape index (κ3) is 5.88. The Bertz CT molecular complexity index is 794. The summed E-state index contributed by atoms with van der Waals surface area (Å²) in [5, 5.41) is 11.4. The van der Waals surface area contributed by atoms with Gasteiger partial charge in [-0.3, -0.25) is 4.79 Å². The Kier molecular flexibility index (Phi) is 6.42. The summed E-state index contributed by atoms with van der Waals surface area (Å²) in [5.74, 6) is 1.45. The zero-order valence-electron chi connectivity index (χ0n) is 13.4. The first-order valence-electron chi connectivity index (χ1n) is 7.77. The lowest BCUT2D eigenvalue weighted by Gasteiger charge is -2.05. The monoisotopic (exact) mass is 371 g/mol. The van der Waals surface area contributed by atoms with E-state index in [1.165, 1.54) is 16.9 Å². The molecule has 0 spiro atoms. The molecule has 7 heteroatoms. The molecule has 0 atom stereocenters. The van der Waals surface area contributed by atoms with E-state index in [0.29, 0.717) is 11.7 Å². The Morgan fingerprint density at radius 1 is 1.04 bits per heavy atom. The molecular weight excluding hydrogens is 354 g/mol. The van der Waals surface area contributed by atoms with Crippen molar-refractivity contribution < 1.29 is 9.53 Å². The van der Waals surface area contributed by atoms with Gasteiger partial charge in [0.05, 0.1) is 13.0 Å². The highest BCUT2D eigenvalue weighted by molar-refractivity contribution is 8.00. The number of aromatic nitrogens is 2. The summed E-state index contributed by atoms with van der Waals surface area (Å²) in [6.45, 7) is 0.324. The second-order valence-electron chi connectivity index (χ2n) is 5.11. The SMILES string of the molecule is O=C(CCOc1ccccc1)Nc1nnc(SCc2ccccc2)s1. The van der Waals surface area contributed by atoms with E-state index >= 15 is 0 Å². The first-order valence-corrected chi connectivity index (χ1v) is 9.58. The van der Waals surface area contributed by atoms with E-state index in [0.717, 1.165) is 15.8 Å². The van der Waals surface area contributed by atoms with Crippen molar-refractivity contribution in [2.75, 3.05) is 11.9 Å². The van der Waals surface area contributed by atoms with Crippen molar-refractivity contribution in [1.29, 1.82) is 0 Å². The Hall–Kier alpha value is -2.38. The Morgan fingerprint density at radius 3 is 2.52 bits per heavy atom. The molecule has 0 aliphatic heterocycles. The van der Waals surface area contributed by atoms with Crippen LogP contribution in [0, 0.1) is 0 Å². The molecule has 0 saturated heterocycles. The minimum Gasteiger partial charge on any atom is -0.493 e. The Labute approximate surface area is 154 Å². The lowest BCUT2D eigenvalue weighted by atomic mass is 10.2. The van der Waals surface area contributed by atoms with E-state index in [1.54, 1.807) is 11.8 Å². The molecule has 0 aliphatic carbocycles. The number of para-hydroxylation sites is 1. The molecular formula is C18H17N3O2S2. The molecule has 25 heavy (non-hydrogen) atoms. The zero-order valence-corrected chi connectivity index (χ0v) is 15.1. The minimum atomic E-state index is -0.133. The molecule has 3 aromatic rings. The van der Waals surface area contributed by atoms with Crippen LogP contribution in [0.2, 0.25) is 0 Å². The van der Waals surface area contributed by atoms with Crippen LogP contribution < -0.4 is 10.1 Å². The summed E-state index contributed by atoms with van der Waals surface area (Å²) in [6.07, 6.45) is 0.265. The molecule has 3 rings (SSSR count). The standard InChI is InChI=1S/C18H17N3O2S2/c22-16(11-12-23-15-9-5-2-6-10-15)19-17-20-21-18(25-17)24-13-14-7-3-1-4-8-14/h1-10H,11-13H2,(H,19,20,22). The number of carbonyl (C=O) groups is 1. The van der Waals surface area contributed by atoms with E-state index in [4.69, 9.17) is 4.74 Å². The number of benzene rings is 2. The first kappa shape index (κ1) is 17.4. The summed E-state index contributed by atoms with van der Waals surface area (Å²) in [5.41, 5.74) is 1.23. The number of hydrogen-bond donors (Lipinski definition) is 1. The highest BCUT2D eigenvalue weighted by Gasteiger charge is 2.09. The van der Waals surface area contributed by atoms with Crippen LogP contribution in [0.1, 0.15) is 12.0 Å². The van der Waals surface area contributed by atoms with Gasteiger partial charge in [0.2, 0.25) is 11.0 Å². The van der Waals surface area contributed by atoms with Crippen molar-refractivity contribution in [1.82, 2.24) is 10.2 Å². The number of carbonyl (C=O) groups excluding carboxylic acids is 1. The van der Waals surface area contributed by atoms with E-state index < -0.39 is 0 Å². The van der Waals surface area contributed by atoms with Gasteiger partial charge in [-0.05, 0) is 17.7 Å². The number of rotatable bonds is 8. The number of anilines is 1. The van der Waals surface area contributed by atoms with E-state index in [1.807, 2.05) is 48.5 Å². The van der Waals surface area contributed by atoms with Crippen molar-refractivity contribution in [3.8, 4) is 5.75 Å². The third-order valence-corrected chi connectivity index (χ3v) is 5.24. The van der Waals surface area contributed by atoms with Gasteiger partial charge < -0.3 is 10.1 Å². The molecule has 128 valence electrons. The molecule has 1 N–H and O–H groups in total. The van der Waals surface area contributed by atoms with Crippen LogP contribution in [-0.4, -0.2) is 22.7 Å². The normalized spacial score (nSPS) is 10.4. The minimum absolute atomic E-state index is 0.133. The largest absolute Gasteiger partial charge is 0.493 e. The number of nitrogens with zero attached hydrogens (tertiary/aromatic N) is 2. The number of ether oxygens (including phenoxy) is 1. The lowest BCUT2D eigenvalue weighted by Crippen LogP contribution is -2.15. The predicted octanol–water partition coefficient (Wildman–Crippen LogP) is 4.24. The molecule has 1 aromatic heterocycles. The van der Waals surface area contributed by atoms with Crippen LogP contribution in [0.4, 0.5) is 5.13 Å². The van der Waals surface area contributed by atoms with Gasteiger partial charge in [-0.2, -0.15) is 0 Å². The van der Waals surface area contributed by atoms with Gasteiger partial charge in [0.15, 0.2) is 4.34 Å². The average molecular weight is 371 g/mol. The van der Waals surface area contributed by atoms with Crippen molar-refractivity contribution >= 4 is 34.1 Å². The zero-order chi connectivity index (χ0) is 17.3. The van der Waals surface area contributed by atoms with Gasteiger partial charge in [0.1, 0.15) is 5.75 Å². The molecule has 0 saturated carbocycles. The van der Waals surface area contributed by atoms with Gasteiger partial charge >= 0.3 is 0 Å². The third-order valence-electron chi connectivity index (χ3n) is 3.20. The molecule has 5 nitrogen and oxygen atoms in total. The van der Waals surface area contributed by atoms with Crippen LogP contribution in [0.15, 0.2) is 65.0 Å². The molecule has 0 fully saturated rings. The maximum Gasteiger partial charge on any atom is 0.229 e. The molecule has 0 radical (unpaired) electrons. The number of amides is 1.